The Morgan fingerprint density at radius 1 is 1.19 bits per heavy atom. The Balaban J connectivity index is 2.25. The Hall–Kier alpha value is -2.49. The first-order valence-corrected chi connectivity index (χ1v) is 7.03. The van der Waals surface area contributed by atoms with Gasteiger partial charge in [-0.25, -0.2) is 0 Å². The lowest BCUT2D eigenvalue weighted by atomic mass is 10.1. The van der Waals surface area contributed by atoms with Crippen molar-refractivity contribution in [2.45, 2.75) is 19.9 Å². The molecule has 0 unspecified atom stereocenters. The quantitative estimate of drug-likeness (QED) is 0.655. The number of nitrogens with zero attached hydrogens (tertiary/aromatic N) is 1. The van der Waals surface area contributed by atoms with Crippen molar-refractivity contribution in [2.75, 3.05) is 12.3 Å². The first-order valence-electron chi connectivity index (χ1n) is 7.03. The summed E-state index contributed by atoms with van der Waals surface area (Å²) >= 11 is 0. The van der Waals surface area contributed by atoms with E-state index in [1.807, 2.05) is 37.3 Å². The topological polar surface area (TPSA) is 66.6 Å². The van der Waals surface area contributed by atoms with E-state index in [4.69, 9.17) is 5.73 Å². The molecule has 4 nitrogen and oxygen atoms in total. The number of benzene rings is 2. The van der Waals surface area contributed by atoms with Gasteiger partial charge in [-0.1, -0.05) is 37.3 Å². The number of hydrogen-bond acceptors (Lipinski definition) is 3. The number of aromatic hydroxyl groups is 1. The second-order valence-corrected chi connectivity index (χ2v) is 4.98. The molecular formula is C17H20N2O2. The Kier molecular flexibility index (Phi) is 4.82. The van der Waals surface area contributed by atoms with Crippen LogP contribution in [0.1, 0.15) is 29.3 Å². The summed E-state index contributed by atoms with van der Waals surface area (Å²) in [6.07, 6.45) is 0.858. The second kappa shape index (κ2) is 6.79. The highest BCUT2D eigenvalue weighted by atomic mass is 16.3. The van der Waals surface area contributed by atoms with Crippen molar-refractivity contribution >= 4 is 11.6 Å². The third-order valence-electron chi connectivity index (χ3n) is 3.26. The largest absolute Gasteiger partial charge is 0.508 e. The van der Waals surface area contributed by atoms with Crippen LogP contribution in [0.25, 0.3) is 0 Å². The van der Waals surface area contributed by atoms with Crippen molar-refractivity contribution in [1.82, 2.24) is 4.90 Å². The SMILES string of the molecule is CCCN(Cc1ccccc1)C(=O)c1cc(O)ccc1N. The molecule has 0 saturated carbocycles. The van der Waals surface area contributed by atoms with Gasteiger partial charge in [0.05, 0.1) is 5.56 Å². The maximum absolute atomic E-state index is 12.6. The van der Waals surface area contributed by atoms with Gasteiger partial charge in [0.2, 0.25) is 0 Å². The molecule has 0 aliphatic rings. The van der Waals surface area contributed by atoms with Crippen LogP contribution in [0.4, 0.5) is 5.69 Å². The fraction of sp³-hybridized carbons (Fsp3) is 0.235. The van der Waals surface area contributed by atoms with E-state index in [2.05, 4.69) is 0 Å². The zero-order valence-corrected chi connectivity index (χ0v) is 12.1. The number of hydrogen-bond donors (Lipinski definition) is 2. The highest BCUT2D eigenvalue weighted by Gasteiger charge is 2.18. The molecule has 110 valence electrons. The molecular weight excluding hydrogens is 264 g/mol. The minimum absolute atomic E-state index is 0.0451. The summed E-state index contributed by atoms with van der Waals surface area (Å²) in [6, 6.07) is 14.3. The molecule has 0 bridgehead atoms. The molecule has 4 heteroatoms. The molecule has 0 saturated heterocycles. The predicted octanol–water partition coefficient (Wildman–Crippen LogP) is 3.03. The van der Waals surface area contributed by atoms with Gasteiger partial charge in [-0.3, -0.25) is 4.79 Å². The van der Waals surface area contributed by atoms with Crippen molar-refractivity contribution < 1.29 is 9.90 Å². The molecule has 3 N–H and O–H groups in total. The van der Waals surface area contributed by atoms with Gasteiger partial charge >= 0.3 is 0 Å². The maximum atomic E-state index is 12.6. The predicted molar refractivity (Wildman–Crippen MR) is 84.0 cm³/mol. The molecule has 2 rings (SSSR count). The van der Waals surface area contributed by atoms with Gasteiger partial charge in [-0.2, -0.15) is 0 Å². The molecule has 21 heavy (non-hydrogen) atoms. The average Bonchev–Trinajstić information content (AvgIpc) is 2.49. The number of rotatable bonds is 5. The van der Waals surface area contributed by atoms with E-state index >= 15 is 0 Å². The van der Waals surface area contributed by atoms with Gasteiger partial charge in [0.25, 0.3) is 5.91 Å². The molecule has 0 spiro atoms. The molecule has 0 aliphatic carbocycles. The zero-order valence-electron chi connectivity index (χ0n) is 12.1. The Labute approximate surface area is 124 Å². The number of anilines is 1. The third-order valence-corrected chi connectivity index (χ3v) is 3.26. The molecule has 0 atom stereocenters. The van der Waals surface area contributed by atoms with Crippen LogP contribution >= 0.6 is 0 Å². The average molecular weight is 284 g/mol. The monoisotopic (exact) mass is 284 g/mol. The molecule has 2 aromatic rings. The van der Waals surface area contributed by atoms with E-state index in [0.29, 0.717) is 24.3 Å². The third kappa shape index (κ3) is 3.75. The standard InChI is InChI=1S/C17H20N2O2/c1-2-10-19(12-13-6-4-3-5-7-13)17(21)15-11-14(20)8-9-16(15)18/h3-9,11,20H,2,10,12,18H2,1H3. The minimum Gasteiger partial charge on any atom is -0.508 e. The van der Waals surface area contributed by atoms with Crippen LogP contribution in [0, 0.1) is 0 Å². The van der Waals surface area contributed by atoms with Crippen molar-refractivity contribution in [3.8, 4) is 5.75 Å². The molecule has 0 fully saturated rings. The summed E-state index contributed by atoms with van der Waals surface area (Å²) in [5.41, 5.74) is 7.65. The van der Waals surface area contributed by atoms with Gasteiger partial charge in [0, 0.05) is 18.8 Å². The number of amides is 1. The number of nitrogen functional groups attached to an aromatic ring is 1. The second-order valence-electron chi connectivity index (χ2n) is 4.98. The van der Waals surface area contributed by atoms with Crippen molar-refractivity contribution in [3.63, 3.8) is 0 Å². The summed E-state index contributed by atoms with van der Waals surface area (Å²) in [6.45, 7) is 3.20. The molecule has 0 radical (unpaired) electrons. The van der Waals surface area contributed by atoms with Gasteiger partial charge in [0.15, 0.2) is 0 Å². The fourth-order valence-corrected chi connectivity index (χ4v) is 2.23. The first-order chi connectivity index (χ1) is 10.1. The lowest BCUT2D eigenvalue weighted by molar-refractivity contribution is 0.0744. The maximum Gasteiger partial charge on any atom is 0.256 e. The van der Waals surface area contributed by atoms with Crippen LogP contribution in [0.2, 0.25) is 0 Å². The van der Waals surface area contributed by atoms with E-state index < -0.39 is 0 Å². The summed E-state index contributed by atoms with van der Waals surface area (Å²) in [5, 5.41) is 9.56. The van der Waals surface area contributed by atoms with Gasteiger partial charge in [-0.15, -0.1) is 0 Å². The van der Waals surface area contributed by atoms with Crippen LogP contribution in [0.5, 0.6) is 5.75 Å². The van der Waals surface area contributed by atoms with Crippen molar-refractivity contribution in [3.05, 3.63) is 59.7 Å². The van der Waals surface area contributed by atoms with Gasteiger partial charge in [-0.05, 0) is 30.2 Å². The normalized spacial score (nSPS) is 10.3. The highest BCUT2D eigenvalue weighted by Crippen LogP contribution is 2.21. The molecule has 0 aliphatic heterocycles. The summed E-state index contributed by atoms with van der Waals surface area (Å²) in [7, 11) is 0. The number of carbonyl (C=O) groups excluding carboxylic acids is 1. The lowest BCUT2D eigenvalue weighted by Crippen LogP contribution is -2.31. The van der Waals surface area contributed by atoms with Crippen LogP contribution in [-0.2, 0) is 6.54 Å². The van der Waals surface area contributed by atoms with E-state index in [1.165, 1.54) is 12.1 Å². The number of phenolic OH excluding ortho intramolecular Hbond substituents is 1. The molecule has 0 heterocycles. The Morgan fingerprint density at radius 3 is 2.57 bits per heavy atom. The zero-order chi connectivity index (χ0) is 15.2. The van der Waals surface area contributed by atoms with Crippen LogP contribution in [0.15, 0.2) is 48.5 Å². The summed E-state index contributed by atoms with van der Waals surface area (Å²) in [4.78, 5) is 14.4. The van der Waals surface area contributed by atoms with Crippen LogP contribution in [-0.4, -0.2) is 22.5 Å². The Morgan fingerprint density at radius 2 is 1.90 bits per heavy atom. The Bertz CT molecular complexity index is 611. The van der Waals surface area contributed by atoms with Gasteiger partial charge < -0.3 is 15.7 Å². The summed E-state index contributed by atoms with van der Waals surface area (Å²) < 4.78 is 0. The van der Waals surface area contributed by atoms with Crippen molar-refractivity contribution in [2.24, 2.45) is 0 Å². The number of phenols is 1. The van der Waals surface area contributed by atoms with E-state index in [-0.39, 0.29) is 11.7 Å². The highest BCUT2D eigenvalue weighted by molar-refractivity contribution is 5.99. The smallest absolute Gasteiger partial charge is 0.256 e. The van der Waals surface area contributed by atoms with Crippen LogP contribution in [0.3, 0.4) is 0 Å². The van der Waals surface area contributed by atoms with Gasteiger partial charge in [0.1, 0.15) is 5.75 Å². The summed E-state index contributed by atoms with van der Waals surface area (Å²) in [5.74, 6) is -0.113. The number of carbonyl (C=O) groups is 1. The van der Waals surface area contributed by atoms with E-state index in [1.54, 1.807) is 11.0 Å². The van der Waals surface area contributed by atoms with Crippen LogP contribution < -0.4 is 5.73 Å². The van der Waals surface area contributed by atoms with E-state index in [9.17, 15) is 9.90 Å². The molecule has 0 aromatic heterocycles. The molecule has 1 amide bonds. The van der Waals surface area contributed by atoms with E-state index in [0.717, 1.165) is 12.0 Å². The lowest BCUT2D eigenvalue weighted by Gasteiger charge is -2.23. The molecule has 2 aromatic carbocycles. The first kappa shape index (κ1) is 14.9. The minimum atomic E-state index is -0.158. The fourth-order valence-electron chi connectivity index (χ4n) is 2.23. The number of nitrogens with two attached hydrogens (primary N) is 1. The van der Waals surface area contributed by atoms with Crippen molar-refractivity contribution in [1.29, 1.82) is 0 Å².